The average molecular weight is 364 g/mol. The molecule has 0 amide bonds. The third-order valence-electron chi connectivity index (χ3n) is 4.58. The van der Waals surface area contributed by atoms with Crippen LogP contribution in [0.4, 0.5) is 0 Å². The predicted molar refractivity (Wildman–Crippen MR) is 98.8 cm³/mol. The molecule has 128 valence electrons. The molecule has 0 N–H and O–H groups in total. The Kier molecular flexibility index (Phi) is 5.00. The summed E-state index contributed by atoms with van der Waals surface area (Å²) in [5, 5.41) is -0.344. The lowest BCUT2D eigenvalue weighted by molar-refractivity contribution is 0.240. The van der Waals surface area contributed by atoms with Crippen LogP contribution in [0.15, 0.2) is 48.5 Å². The fraction of sp³-hybridized carbons (Fsp3) is 0.368. The van der Waals surface area contributed by atoms with Crippen LogP contribution in [0.25, 0.3) is 0 Å². The van der Waals surface area contributed by atoms with Crippen LogP contribution in [-0.4, -0.2) is 25.1 Å². The fourth-order valence-electron chi connectivity index (χ4n) is 3.22. The lowest BCUT2D eigenvalue weighted by Gasteiger charge is -2.35. The van der Waals surface area contributed by atoms with Gasteiger partial charge in [0.25, 0.3) is 0 Å². The second kappa shape index (κ2) is 6.87. The van der Waals surface area contributed by atoms with Crippen LogP contribution in [0.3, 0.4) is 0 Å². The SMILES string of the molecule is CC(C)S(=O)(=O)C1CN(Cc2ccccc2)Cc2ccc(Cl)cc21. The molecular formula is C19H22ClNO2S. The Morgan fingerprint density at radius 1 is 1.17 bits per heavy atom. The van der Waals surface area contributed by atoms with Crippen LogP contribution in [0.5, 0.6) is 0 Å². The smallest absolute Gasteiger partial charge is 0.160 e. The lowest BCUT2D eigenvalue weighted by Crippen LogP contribution is -2.38. The van der Waals surface area contributed by atoms with E-state index in [1.54, 1.807) is 13.8 Å². The zero-order chi connectivity index (χ0) is 17.3. The molecular weight excluding hydrogens is 342 g/mol. The van der Waals surface area contributed by atoms with Gasteiger partial charge in [0.05, 0.1) is 10.5 Å². The molecule has 2 aromatic rings. The number of halogens is 1. The summed E-state index contributed by atoms with van der Waals surface area (Å²) in [6, 6.07) is 15.8. The molecule has 1 atom stereocenters. The van der Waals surface area contributed by atoms with Gasteiger partial charge in [-0.2, -0.15) is 0 Å². The van der Waals surface area contributed by atoms with Gasteiger partial charge in [-0.3, -0.25) is 4.90 Å². The van der Waals surface area contributed by atoms with Crippen molar-refractivity contribution < 1.29 is 8.42 Å². The molecule has 5 heteroatoms. The molecule has 1 aliphatic rings. The Bertz CT molecular complexity index is 819. The number of sulfone groups is 1. The second-order valence-electron chi connectivity index (χ2n) is 6.62. The lowest BCUT2D eigenvalue weighted by atomic mass is 9.99. The van der Waals surface area contributed by atoms with E-state index in [0.717, 1.165) is 24.2 Å². The maximum Gasteiger partial charge on any atom is 0.160 e. The quantitative estimate of drug-likeness (QED) is 0.816. The molecule has 3 nitrogen and oxygen atoms in total. The molecule has 0 bridgehead atoms. The van der Waals surface area contributed by atoms with Crippen molar-refractivity contribution in [2.24, 2.45) is 0 Å². The van der Waals surface area contributed by atoms with Gasteiger partial charge >= 0.3 is 0 Å². The van der Waals surface area contributed by atoms with Gasteiger partial charge < -0.3 is 0 Å². The van der Waals surface area contributed by atoms with Crippen LogP contribution in [0, 0.1) is 0 Å². The Morgan fingerprint density at radius 2 is 1.88 bits per heavy atom. The van der Waals surface area contributed by atoms with Gasteiger partial charge in [0, 0.05) is 24.7 Å². The highest BCUT2D eigenvalue weighted by Crippen LogP contribution is 2.36. The Morgan fingerprint density at radius 3 is 2.54 bits per heavy atom. The molecule has 1 aliphatic heterocycles. The van der Waals surface area contributed by atoms with Crippen molar-refractivity contribution in [1.29, 1.82) is 0 Å². The Hall–Kier alpha value is -1.36. The van der Waals surface area contributed by atoms with E-state index >= 15 is 0 Å². The number of hydrogen-bond acceptors (Lipinski definition) is 3. The van der Waals surface area contributed by atoms with Crippen LogP contribution >= 0.6 is 11.6 Å². The van der Waals surface area contributed by atoms with E-state index in [-0.39, 0.29) is 0 Å². The van der Waals surface area contributed by atoms with Crippen molar-refractivity contribution in [1.82, 2.24) is 4.90 Å². The van der Waals surface area contributed by atoms with Crippen molar-refractivity contribution >= 4 is 21.4 Å². The summed E-state index contributed by atoms with van der Waals surface area (Å²) in [7, 11) is -3.26. The molecule has 2 aromatic carbocycles. The van der Waals surface area contributed by atoms with Gasteiger partial charge in [-0.1, -0.05) is 48.0 Å². The van der Waals surface area contributed by atoms with E-state index in [1.807, 2.05) is 36.4 Å². The van der Waals surface area contributed by atoms with Crippen molar-refractivity contribution in [3.63, 3.8) is 0 Å². The number of nitrogens with zero attached hydrogens (tertiary/aromatic N) is 1. The highest BCUT2D eigenvalue weighted by Gasteiger charge is 2.36. The third-order valence-corrected chi connectivity index (χ3v) is 7.32. The van der Waals surface area contributed by atoms with Crippen LogP contribution < -0.4 is 0 Å². The highest BCUT2D eigenvalue weighted by atomic mass is 35.5. The number of fused-ring (bicyclic) bond motifs is 1. The van der Waals surface area contributed by atoms with Crippen LogP contribution in [0.1, 0.15) is 35.8 Å². The van der Waals surface area contributed by atoms with E-state index in [4.69, 9.17) is 11.6 Å². The molecule has 0 saturated heterocycles. The normalized spacial score (nSPS) is 18.6. The third kappa shape index (κ3) is 3.51. The summed E-state index contributed by atoms with van der Waals surface area (Å²) >= 11 is 6.13. The van der Waals surface area contributed by atoms with E-state index < -0.39 is 20.3 Å². The Balaban J connectivity index is 1.97. The predicted octanol–water partition coefficient (Wildman–Crippen LogP) is 4.22. The van der Waals surface area contributed by atoms with Gasteiger partial charge in [-0.15, -0.1) is 0 Å². The van der Waals surface area contributed by atoms with Crippen molar-refractivity contribution in [3.05, 3.63) is 70.2 Å². The molecule has 0 saturated carbocycles. The number of benzene rings is 2. The van der Waals surface area contributed by atoms with Crippen molar-refractivity contribution in [2.75, 3.05) is 6.54 Å². The largest absolute Gasteiger partial charge is 0.293 e. The first-order chi connectivity index (χ1) is 11.4. The molecule has 0 spiro atoms. The minimum atomic E-state index is -3.26. The zero-order valence-electron chi connectivity index (χ0n) is 13.9. The maximum atomic E-state index is 12.9. The summed E-state index contributed by atoms with van der Waals surface area (Å²) in [4.78, 5) is 2.20. The molecule has 24 heavy (non-hydrogen) atoms. The van der Waals surface area contributed by atoms with Crippen molar-refractivity contribution in [3.8, 4) is 0 Å². The Labute approximate surface area is 149 Å². The summed E-state index contributed by atoms with van der Waals surface area (Å²) in [5.74, 6) is 0. The van der Waals surface area contributed by atoms with Gasteiger partial charge in [0.2, 0.25) is 0 Å². The molecule has 0 aliphatic carbocycles. The zero-order valence-corrected chi connectivity index (χ0v) is 15.5. The first-order valence-corrected chi connectivity index (χ1v) is 10.1. The minimum absolute atomic E-state index is 0.411. The molecule has 0 radical (unpaired) electrons. The fourth-order valence-corrected chi connectivity index (χ4v) is 5.05. The number of hydrogen-bond donors (Lipinski definition) is 0. The van der Waals surface area contributed by atoms with Gasteiger partial charge in [0.15, 0.2) is 9.84 Å². The summed E-state index contributed by atoms with van der Waals surface area (Å²) in [6.07, 6.45) is 0. The summed E-state index contributed by atoms with van der Waals surface area (Å²) in [5.41, 5.74) is 3.10. The average Bonchev–Trinajstić information content (AvgIpc) is 2.55. The molecule has 0 fully saturated rings. The van der Waals surface area contributed by atoms with Gasteiger partial charge in [-0.25, -0.2) is 8.42 Å². The monoisotopic (exact) mass is 363 g/mol. The second-order valence-corrected chi connectivity index (χ2v) is 9.75. The van der Waals surface area contributed by atoms with Crippen LogP contribution in [-0.2, 0) is 22.9 Å². The summed E-state index contributed by atoms with van der Waals surface area (Å²) in [6.45, 7) is 5.48. The number of rotatable bonds is 4. The van der Waals surface area contributed by atoms with Crippen LogP contribution in [0.2, 0.25) is 5.02 Å². The molecule has 1 heterocycles. The summed E-state index contributed by atoms with van der Waals surface area (Å²) < 4.78 is 25.8. The van der Waals surface area contributed by atoms with Gasteiger partial charge in [-0.05, 0) is 42.7 Å². The maximum absolute atomic E-state index is 12.9. The molecule has 3 rings (SSSR count). The van der Waals surface area contributed by atoms with E-state index in [0.29, 0.717) is 11.6 Å². The van der Waals surface area contributed by atoms with E-state index in [9.17, 15) is 8.42 Å². The molecule has 0 aromatic heterocycles. The van der Waals surface area contributed by atoms with Crippen molar-refractivity contribution in [2.45, 2.75) is 37.4 Å². The van der Waals surface area contributed by atoms with E-state index in [1.165, 1.54) is 5.56 Å². The van der Waals surface area contributed by atoms with Gasteiger partial charge in [0.1, 0.15) is 0 Å². The minimum Gasteiger partial charge on any atom is -0.293 e. The van der Waals surface area contributed by atoms with E-state index in [2.05, 4.69) is 17.0 Å². The highest BCUT2D eigenvalue weighted by molar-refractivity contribution is 7.92. The first-order valence-electron chi connectivity index (χ1n) is 8.15. The topological polar surface area (TPSA) is 37.4 Å². The standard InChI is InChI=1S/C19H22ClNO2S/c1-14(2)24(22,23)19-13-21(11-15-6-4-3-5-7-15)12-16-8-9-17(20)10-18(16)19/h3-10,14,19H,11-13H2,1-2H3. The first kappa shape index (κ1) is 17.5. The molecule has 1 unspecified atom stereocenters.